The Morgan fingerprint density at radius 3 is 2.58 bits per heavy atom. The first-order chi connectivity index (χ1) is 12.3. The number of allylic oxidation sites excluding steroid dienone is 1. The summed E-state index contributed by atoms with van der Waals surface area (Å²) >= 11 is 0. The highest BCUT2D eigenvalue weighted by atomic mass is 16.5. The molecule has 1 aromatic heterocycles. The van der Waals surface area contributed by atoms with Crippen LogP contribution in [0.15, 0.2) is 29.7 Å². The van der Waals surface area contributed by atoms with Gasteiger partial charge in [-0.15, -0.1) is 5.10 Å². The first-order valence-corrected chi connectivity index (χ1v) is 8.20. The molecule has 0 radical (unpaired) electrons. The Balaban J connectivity index is 2.34. The van der Waals surface area contributed by atoms with Crippen molar-refractivity contribution in [3.63, 3.8) is 0 Å². The van der Waals surface area contributed by atoms with Crippen molar-refractivity contribution in [2.45, 2.75) is 32.1 Å². The normalized spacial score (nSPS) is 16.5. The molecule has 1 aliphatic rings. The molecule has 0 amide bonds. The lowest BCUT2D eigenvalue weighted by Gasteiger charge is -2.28. The Labute approximate surface area is 152 Å². The van der Waals surface area contributed by atoms with E-state index in [9.17, 15) is 5.26 Å². The highest BCUT2D eigenvalue weighted by molar-refractivity contribution is 5.61. The van der Waals surface area contributed by atoms with Gasteiger partial charge in [-0.1, -0.05) is 32.9 Å². The lowest BCUT2D eigenvalue weighted by molar-refractivity contribution is 0.348. The number of methoxy groups -OCH3 is 2. The minimum Gasteiger partial charge on any atom is -0.493 e. The molecule has 3 rings (SSSR count). The van der Waals surface area contributed by atoms with Crippen LogP contribution < -0.4 is 19.9 Å². The number of para-hydroxylation sites is 1. The van der Waals surface area contributed by atoms with Crippen molar-refractivity contribution >= 4 is 0 Å². The van der Waals surface area contributed by atoms with E-state index in [0.717, 1.165) is 16.8 Å². The summed E-state index contributed by atoms with van der Waals surface area (Å²) in [5.41, 5.74) is 8.53. The Bertz CT molecular complexity index is 916. The van der Waals surface area contributed by atoms with E-state index in [0.29, 0.717) is 23.0 Å². The Kier molecular flexibility index (Phi) is 4.28. The zero-order valence-electron chi connectivity index (χ0n) is 15.5. The van der Waals surface area contributed by atoms with Gasteiger partial charge in [0.05, 0.1) is 25.7 Å². The summed E-state index contributed by atoms with van der Waals surface area (Å²) in [6, 6.07) is 7.75. The van der Waals surface area contributed by atoms with Gasteiger partial charge < -0.3 is 19.9 Å². The van der Waals surface area contributed by atoms with Crippen LogP contribution >= 0.6 is 0 Å². The van der Waals surface area contributed by atoms with Gasteiger partial charge in [0.1, 0.15) is 11.6 Å². The van der Waals surface area contributed by atoms with E-state index in [-0.39, 0.29) is 11.3 Å². The standard InChI is InChI=1S/C19H22N4O3/c1-19(2,3)16-14-13(10-7-6-8-12(24-4)15(10)25-5)11(9-20)17(21)26-18(14)23-22-16/h6-8,13H,21H2,1-5H3,(H,22,23)/t13-/m1/s1. The Hall–Kier alpha value is -3.14. The van der Waals surface area contributed by atoms with Crippen molar-refractivity contribution in [2.75, 3.05) is 14.2 Å². The minimum absolute atomic E-state index is 0.0434. The molecule has 0 spiro atoms. The van der Waals surface area contributed by atoms with Crippen LogP contribution in [0.4, 0.5) is 0 Å². The third kappa shape index (κ3) is 2.64. The number of nitrogens with one attached hydrogen (secondary N) is 1. The van der Waals surface area contributed by atoms with Gasteiger partial charge in [-0.25, -0.2) is 0 Å². The number of nitriles is 1. The van der Waals surface area contributed by atoms with E-state index in [4.69, 9.17) is 19.9 Å². The topological polar surface area (TPSA) is 106 Å². The van der Waals surface area contributed by atoms with E-state index in [1.807, 2.05) is 18.2 Å². The SMILES string of the molecule is COc1cccc([C@@H]2C(C#N)=C(N)Oc3n[nH]c(C(C)(C)C)c32)c1OC. The maximum atomic E-state index is 9.77. The van der Waals surface area contributed by atoms with E-state index < -0.39 is 5.92 Å². The van der Waals surface area contributed by atoms with Crippen LogP contribution in [0, 0.1) is 11.3 Å². The fourth-order valence-electron chi connectivity index (χ4n) is 3.27. The number of hydrogen-bond donors (Lipinski definition) is 2. The second-order valence-corrected chi connectivity index (χ2v) is 7.07. The third-order valence-electron chi connectivity index (χ3n) is 4.43. The monoisotopic (exact) mass is 354 g/mol. The van der Waals surface area contributed by atoms with Gasteiger partial charge in [0.2, 0.25) is 11.8 Å². The van der Waals surface area contributed by atoms with Gasteiger partial charge in [0.15, 0.2) is 11.5 Å². The summed E-state index contributed by atoms with van der Waals surface area (Å²) in [4.78, 5) is 0. The van der Waals surface area contributed by atoms with E-state index in [1.165, 1.54) is 0 Å². The molecular weight excluding hydrogens is 332 g/mol. The second kappa shape index (κ2) is 6.30. The van der Waals surface area contributed by atoms with Crippen LogP contribution in [-0.4, -0.2) is 24.4 Å². The number of benzene rings is 1. The molecule has 0 fully saturated rings. The fourth-order valence-corrected chi connectivity index (χ4v) is 3.27. The van der Waals surface area contributed by atoms with Crippen molar-refractivity contribution in [2.24, 2.45) is 5.73 Å². The van der Waals surface area contributed by atoms with Crippen LogP contribution in [0.2, 0.25) is 0 Å². The quantitative estimate of drug-likeness (QED) is 0.878. The average molecular weight is 354 g/mol. The fraction of sp³-hybridized carbons (Fsp3) is 0.368. The highest BCUT2D eigenvalue weighted by Crippen LogP contribution is 2.49. The number of aromatic amines is 1. The molecule has 0 unspecified atom stereocenters. The van der Waals surface area contributed by atoms with Gasteiger partial charge in [-0.05, 0) is 6.07 Å². The zero-order valence-corrected chi connectivity index (χ0v) is 15.5. The molecular formula is C19H22N4O3. The minimum atomic E-state index is -0.471. The molecule has 1 atom stereocenters. The summed E-state index contributed by atoms with van der Waals surface area (Å²) in [5.74, 6) is 1.08. The average Bonchev–Trinajstić information content (AvgIpc) is 3.03. The Morgan fingerprint density at radius 1 is 1.27 bits per heavy atom. The summed E-state index contributed by atoms with van der Waals surface area (Å²) in [5, 5.41) is 17.1. The first-order valence-electron chi connectivity index (χ1n) is 8.20. The van der Waals surface area contributed by atoms with Crippen LogP contribution in [0.25, 0.3) is 0 Å². The summed E-state index contributed by atoms with van der Waals surface area (Å²) in [7, 11) is 3.14. The third-order valence-corrected chi connectivity index (χ3v) is 4.43. The predicted molar refractivity (Wildman–Crippen MR) is 96.1 cm³/mol. The van der Waals surface area contributed by atoms with Crippen LogP contribution in [-0.2, 0) is 5.41 Å². The zero-order chi connectivity index (χ0) is 19.1. The molecule has 0 bridgehead atoms. The van der Waals surface area contributed by atoms with Gasteiger partial charge in [-0.3, -0.25) is 5.10 Å². The number of aromatic nitrogens is 2. The number of nitrogens with zero attached hydrogens (tertiary/aromatic N) is 2. The smallest absolute Gasteiger partial charge is 0.244 e. The molecule has 1 aliphatic heterocycles. The van der Waals surface area contributed by atoms with E-state index in [2.05, 4.69) is 37.0 Å². The Morgan fingerprint density at radius 2 is 2.00 bits per heavy atom. The highest BCUT2D eigenvalue weighted by Gasteiger charge is 2.39. The lowest BCUT2D eigenvalue weighted by atomic mass is 9.78. The van der Waals surface area contributed by atoms with Crippen molar-refractivity contribution in [1.82, 2.24) is 10.2 Å². The molecule has 0 saturated carbocycles. The van der Waals surface area contributed by atoms with Gasteiger partial charge in [0, 0.05) is 16.7 Å². The summed E-state index contributed by atoms with van der Waals surface area (Å²) < 4.78 is 16.6. The molecule has 3 N–H and O–H groups in total. The number of H-pyrrole nitrogens is 1. The van der Waals surface area contributed by atoms with Gasteiger partial charge >= 0.3 is 0 Å². The molecule has 0 aliphatic carbocycles. The molecule has 1 aromatic carbocycles. The van der Waals surface area contributed by atoms with Crippen LogP contribution in [0.3, 0.4) is 0 Å². The molecule has 2 aromatic rings. The molecule has 136 valence electrons. The molecule has 7 heteroatoms. The van der Waals surface area contributed by atoms with Crippen LogP contribution in [0.5, 0.6) is 17.4 Å². The predicted octanol–water partition coefficient (Wildman–Crippen LogP) is 2.94. The largest absolute Gasteiger partial charge is 0.493 e. The number of hydrogen-bond acceptors (Lipinski definition) is 6. The molecule has 0 saturated heterocycles. The van der Waals surface area contributed by atoms with Crippen molar-refractivity contribution < 1.29 is 14.2 Å². The number of fused-ring (bicyclic) bond motifs is 1. The van der Waals surface area contributed by atoms with E-state index >= 15 is 0 Å². The first kappa shape index (κ1) is 17.7. The van der Waals surface area contributed by atoms with Gasteiger partial charge in [0.25, 0.3) is 0 Å². The molecule has 26 heavy (non-hydrogen) atoms. The second-order valence-electron chi connectivity index (χ2n) is 7.07. The maximum absolute atomic E-state index is 9.77. The lowest BCUT2D eigenvalue weighted by Crippen LogP contribution is -2.24. The van der Waals surface area contributed by atoms with Crippen molar-refractivity contribution in [3.05, 3.63) is 46.5 Å². The molecule has 7 nitrogen and oxygen atoms in total. The van der Waals surface area contributed by atoms with E-state index in [1.54, 1.807) is 14.2 Å². The number of rotatable bonds is 3. The van der Waals surface area contributed by atoms with Gasteiger partial charge in [-0.2, -0.15) is 5.26 Å². The summed E-state index contributed by atoms with van der Waals surface area (Å²) in [6.07, 6.45) is 0. The maximum Gasteiger partial charge on any atom is 0.244 e. The number of nitrogens with two attached hydrogens (primary N) is 1. The van der Waals surface area contributed by atoms with Crippen molar-refractivity contribution in [1.29, 1.82) is 5.26 Å². The van der Waals surface area contributed by atoms with Crippen LogP contribution in [0.1, 0.15) is 43.5 Å². The molecule has 2 heterocycles. The van der Waals surface area contributed by atoms with Crippen molar-refractivity contribution in [3.8, 4) is 23.4 Å². The summed E-state index contributed by atoms with van der Waals surface area (Å²) in [6.45, 7) is 6.19. The number of ether oxygens (including phenoxy) is 3.